The third-order valence-corrected chi connectivity index (χ3v) is 6.92. The van der Waals surface area contributed by atoms with E-state index in [0.717, 1.165) is 32.4 Å². The average molecular weight is 317 g/mol. The van der Waals surface area contributed by atoms with Gasteiger partial charge in [0.2, 0.25) is 0 Å². The highest BCUT2D eigenvalue weighted by molar-refractivity contribution is 7.91. The molecule has 1 saturated carbocycles. The Labute approximate surface area is 130 Å². The van der Waals surface area contributed by atoms with Crippen molar-refractivity contribution in [2.75, 3.05) is 19.3 Å². The number of ketones is 1. The maximum Gasteiger partial charge on any atom is 0.155 e. The Morgan fingerprint density at radius 1 is 1.19 bits per heavy atom. The molecule has 0 aromatic rings. The van der Waals surface area contributed by atoms with Gasteiger partial charge in [-0.2, -0.15) is 0 Å². The van der Waals surface area contributed by atoms with Crippen LogP contribution < -0.4 is 0 Å². The summed E-state index contributed by atoms with van der Waals surface area (Å²) in [7, 11) is -3.04. The highest BCUT2D eigenvalue weighted by atomic mass is 32.2. The minimum atomic E-state index is -3.04. The molecule has 1 aliphatic rings. The number of carbonyl (C=O) groups is 1. The van der Waals surface area contributed by atoms with Crippen molar-refractivity contribution in [3.8, 4) is 0 Å². The molecule has 0 heterocycles. The molecule has 1 aliphatic carbocycles. The summed E-state index contributed by atoms with van der Waals surface area (Å²) < 4.78 is 23.6. The molecule has 0 amide bonds. The predicted octanol–water partition coefficient (Wildman–Crippen LogP) is 2.67. The zero-order chi connectivity index (χ0) is 16.3. The van der Waals surface area contributed by atoms with E-state index in [-0.39, 0.29) is 17.0 Å². The predicted molar refractivity (Wildman–Crippen MR) is 87.2 cm³/mol. The first-order valence-corrected chi connectivity index (χ1v) is 10.1. The SMILES string of the molecule is CCN(CC)C(C)(CC)C(=O)C1CCCC(S(C)(=O)=O)C1. The van der Waals surface area contributed by atoms with Gasteiger partial charge in [-0.05, 0) is 45.7 Å². The Balaban J connectivity index is 2.95. The van der Waals surface area contributed by atoms with Gasteiger partial charge in [0.05, 0.1) is 10.8 Å². The summed E-state index contributed by atoms with van der Waals surface area (Å²) in [5.41, 5.74) is -0.465. The maximum atomic E-state index is 13.0. The van der Waals surface area contributed by atoms with Crippen molar-refractivity contribution in [3.63, 3.8) is 0 Å². The van der Waals surface area contributed by atoms with Crippen LogP contribution in [0.25, 0.3) is 0 Å². The molecule has 21 heavy (non-hydrogen) atoms. The van der Waals surface area contributed by atoms with Crippen molar-refractivity contribution in [1.29, 1.82) is 0 Å². The third kappa shape index (κ3) is 4.07. The van der Waals surface area contributed by atoms with Crippen LogP contribution in [-0.4, -0.2) is 49.2 Å². The number of carbonyl (C=O) groups excluding carboxylic acids is 1. The molecular weight excluding hydrogens is 286 g/mol. The Hall–Kier alpha value is -0.420. The summed E-state index contributed by atoms with van der Waals surface area (Å²) in [6.45, 7) is 9.90. The average Bonchev–Trinajstić information content (AvgIpc) is 2.46. The molecular formula is C16H31NO3S. The van der Waals surface area contributed by atoms with Gasteiger partial charge >= 0.3 is 0 Å². The summed E-state index contributed by atoms with van der Waals surface area (Å²) in [4.78, 5) is 15.3. The Morgan fingerprint density at radius 2 is 1.76 bits per heavy atom. The van der Waals surface area contributed by atoms with E-state index >= 15 is 0 Å². The van der Waals surface area contributed by atoms with Crippen LogP contribution in [0.15, 0.2) is 0 Å². The van der Waals surface area contributed by atoms with Crippen LogP contribution >= 0.6 is 0 Å². The second-order valence-electron chi connectivity index (χ2n) is 6.48. The zero-order valence-corrected chi connectivity index (χ0v) is 15.0. The fraction of sp³-hybridized carbons (Fsp3) is 0.938. The van der Waals surface area contributed by atoms with Gasteiger partial charge in [-0.1, -0.05) is 27.2 Å². The van der Waals surface area contributed by atoms with E-state index in [2.05, 4.69) is 18.7 Å². The first-order chi connectivity index (χ1) is 9.70. The number of Topliss-reactive ketones (excluding diaryl/α,β-unsaturated/α-hetero) is 1. The highest BCUT2D eigenvalue weighted by Crippen LogP contribution is 2.34. The molecule has 3 unspecified atom stereocenters. The molecule has 0 aromatic heterocycles. The van der Waals surface area contributed by atoms with Gasteiger partial charge in [-0.15, -0.1) is 0 Å². The number of rotatable bonds is 7. The zero-order valence-electron chi connectivity index (χ0n) is 14.2. The molecule has 0 radical (unpaired) electrons. The topological polar surface area (TPSA) is 54.5 Å². The van der Waals surface area contributed by atoms with Crippen molar-refractivity contribution in [2.24, 2.45) is 5.92 Å². The lowest BCUT2D eigenvalue weighted by Crippen LogP contribution is -2.54. The van der Waals surface area contributed by atoms with Gasteiger partial charge in [0.25, 0.3) is 0 Å². The minimum Gasteiger partial charge on any atom is -0.297 e. The van der Waals surface area contributed by atoms with Gasteiger partial charge in [-0.25, -0.2) is 8.42 Å². The second kappa shape index (κ2) is 7.23. The number of likely N-dealkylation sites (N-methyl/N-ethyl adjacent to an activating group) is 1. The van der Waals surface area contributed by atoms with E-state index in [1.54, 1.807) is 0 Å². The summed E-state index contributed by atoms with van der Waals surface area (Å²) >= 11 is 0. The number of hydrogen-bond acceptors (Lipinski definition) is 4. The Morgan fingerprint density at radius 3 is 2.19 bits per heavy atom. The van der Waals surface area contributed by atoms with Gasteiger partial charge in [0.1, 0.15) is 9.84 Å². The molecule has 4 nitrogen and oxygen atoms in total. The first kappa shape index (κ1) is 18.6. The van der Waals surface area contributed by atoms with Crippen molar-refractivity contribution in [2.45, 2.75) is 70.6 Å². The number of nitrogens with zero attached hydrogens (tertiary/aromatic N) is 1. The summed E-state index contributed by atoms with van der Waals surface area (Å²) in [5, 5.41) is -0.335. The van der Waals surface area contributed by atoms with Crippen LogP contribution in [0.4, 0.5) is 0 Å². The van der Waals surface area contributed by atoms with E-state index in [9.17, 15) is 13.2 Å². The summed E-state index contributed by atoms with van der Waals surface area (Å²) in [6.07, 6.45) is 4.96. The lowest BCUT2D eigenvalue weighted by atomic mass is 9.76. The van der Waals surface area contributed by atoms with Crippen LogP contribution in [0, 0.1) is 5.92 Å². The van der Waals surface area contributed by atoms with Crippen LogP contribution in [0.5, 0.6) is 0 Å². The second-order valence-corrected chi connectivity index (χ2v) is 8.80. The Kier molecular flexibility index (Phi) is 6.41. The van der Waals surface area contributed by atoms with Gasteiger partial charge in [0.15, 0.2) is 5.78 Å². The largest absolute Gasteiger partial charge is 0.297 e. The van der Waals surface area contributed by atoms with Crippen molar-refractivity contribution in [1.82, 2.24) is 4.90 Å². The van der Waals surface area contributed by atoms with E-state index in [0.29, 0.717) is 12.8 Å². The molecule has 0 N–H and O–H groups in total. The van der Waals surface area contributed by atoms with E-state index in [1.165, 1.54) is 6.26 Å². The van der Waals surface area contributed by atoms with Gasteiger partial charge in [0, 0.05) is 12.2 Å². The van der Waals surface area contributed by atoms with Crippen LogP contribution in [0.2, 0.25) is 0 Å². The van der Waals surface area contributed by atoms with E-state index in [4.69, 9.17) is 0 Å². The molecule has 0 bridgehead atoms. The fourth-order valence-corrected chi connectivity index (χ4v) is 4.86. The molecule has 1 fully saturated rings. The molecule has 0 saturated heterocycles. The van der Waals surface area contributed by atoms with E-state index in [1.807, 2.05) is 13.8 Å². The lowest BCUT2D eigenvalue weighted by molar-refractivity contribution is -0.135. The molecule has 0 spiro atoms. The smallest absolute Gasteiger partial charge is 0.155 e. The standard InChI is InChI=1S/C16H31NO3S/c1-6-16(4,17(7-2)8-3)15(18)13-10-9-11-14(12-13)21(5,19)20/h13-14H,6-12H2,1-5H3. The molecule has 1 rings (SSSR count). The van der Waals surface area contributed by atoms with Crippen LogP contribution in [0.1, 0.15) is 59.8 Å². The van der Waals surface area contributed by atoms with Gasteiger partial charge in [-0.3, -0.25) is 9.69 Å². The Bertz CT molecular complexity index is 456. The number of hydrogen-bond donors (Lipinski definition) is 0. The molecule has 124 valence electrons. The molecule has 3 atom stereocenters. The maximum absolute atomic E-state index is 13.0. The lowest BCUT2D eigenvalue weighted by Gasteiger charge is -2.42. The van der Waals surface area contributed by atoms with E-state index < -0.39 is 15.4 Å². The van der Waals surface area contributed by atoms with Gasteiger partial charge < -0.3 is 0 Å². The third-order valence-electron chi connectivity index (χ3n) is 5.28. The van der Waals surface area contributed by atoms with Crippen molar-refractivity contribution in [3.05, 3.63) is 0 Å². The molecule has 5 heteroatoms. The van der Waals surface area contributed by atoms with Crippen LogP contribution in [0.3, 0.4) is 0 Å². The fourth-order valence-electron chi connectivity index (χ4n) is 3.69. The van der Waals surface area contributed by atoms with Crippen LogP contribution in [-0.2, 0) is 14.6 Å². The highest BCUT2D eigenvalue weighted by Gasteiger charge is 2.42. The minimum absolute atomic E-state index is 0.107. The quantitative estimate of drug-likeness (QED) is 0.724. The monoisotopic (exact) mass is 317 g/mol. The van der Waals surface area contributed by atoms with Crippen molar-refractivity contribution < 1.29 is 13.2 Å². The first-order valence-electron chi connectivity index (χ1n) is 8.18. The molecule has 0 aromatic carbocycles. The summed E-state index contributed by atoms with van der Waals surface area (Å²) in [6, 6.07) is 0. The van der Waals surface area contributed by atoms with Crippen molar-refractivity contribution >= 4 is 15.6 Å². The molecule has 0 aliphatic heterocycles. The normalized spacial score (nSPS) is 26.6. The number of sulfone groups is 1. The summed E-state index contributed by atoms with van der Waals surface area (Å²) in [5.74, 6) is 0.131.